The van der Waals surface area contributed by atoms with Gasteiger partial charge in [-0.25, -0.2) is 0 Å². The van der Waals surface area contributed by atoms with Crippen molar-refractivity contribution in [3.05, 3.63) is 35.4 Å². The first-order valence-electron chi connectivity index (χ1n) is 9.95. The summed E-state index contributed by atoms with van der Waals surface area (Å²) in [6.45, 7) is 2.01. The minimum Gasteiger partial charge on any atom is -0.347 e. The zero-order valence-electron chi connectivity index (χ0n) is 16.1. The van der Waals surface area contributed by atoms with Crippen LogP contribution < -0.4 is 5.32 Å². The lowest BCUT2D eigenvalue weighted by atomic mass is 9.47. The molecule has 1 N–H and O–H groups in total. The van der Waals surface area contributed by atoms with Gasteiger partial charge in [0, 0.05) is 25.1 Å². The maximum atomic E-state index is 13.1. The van der Waals surface area contributed by atoms with Gasteiger partial charge in [-0.05, 0) is 75.3 Å². The van der Waals surface area contributed by atoms with E-state index in [4.69, 9.17) is 0 Å². The highest BCUT2D eigenvalue weighted by atomic mass is 16.2. The number of hydrogen-bond donors (Lipinski definition) is 1. The smallest absolute Gasteiger partial charge is 0.251 e. The van der Waals surface area contributed by atoms with E-state index >= 15 is 0 Å². The number of nitrogens with zero attached hydrogens (tertiary/aromatic N) is 1. The Hall–Kier alpha value is -1.84. The van der Waals surface area contributed by atoms with Crippen LogP contribution in [0.2, 0.25) is 0 Å². The minimum absolute atomic E-state index is 0.0452. The molecule has 0 aromatic heterocycles. The third kappa shape index (κ3) is 3.04. The van der Waals surface area contributed by atoms with Gasteiger partial charge in [0.2, 0.25) is 5.91 Å². The van der Waals surface area contributed by atoms with Crippen LogP contribution in [0.3, 0.4) is 0 Å². The number of benzene rings is 1. The molecule has 1 aromatic rings. The summed E-state index contributed by atoms with van der Waals surface area (Å²) in [4.78, 5) is 27.6. The molecule has 4 aliphatic carbocycles. The van der Waals surface area contributed by atoms with Crippen molar-refractivity contribution in [1.29, 1.82) is 0 Å². The third-order valence-electron chi connectivity index (χ3n) is 6.97. The molecule has 0 saturated heterocycles. The van der Waals surface area contributed by atoms with Gasteiger partial charge < -0.3 is 10.2 Å². The molecule has 4 aliphatic rings. The average Bonchev–Trinajstić information content (AvgIpc) is 2.58. The lowest BCUT2D eigenvalue weighted by Gasteiger charge is -2.59. The van der Waals surface area contributed by atoms with E-state index < -0.39 is 6.04 Å². The normalized spacial score (nSPS) is 33.0. The van der Waals surface area contributed by atoms with Gasteiger partial charge in [0.25, 0.3) is 5.91 Å². The molecule has 0 spiro atoms. The van der Waals surface area contributed by atoms with Crippen LogP contribution in [0.5, 0.6) is 0 Å². The van der Waals surface area contributed by atoms with E-state index in [0.717, 1.165) is 42.6 Å². The van der Waals surface area contributed by atoms with Crippen LogP contribution in [0.25, 0.3) is 0 Å². The lowest BCUT2D eigenvalue weighted by molar-refractivity contribution is -0.142. The average molecular weight is 354 g/mol. The zero-order valence-corrected chi connectivity index (χ0v) is 16.1. The molecule has 0 heterocycles. The highest BCUT2D eigenvalue weighted by molar-refractivity contribution is 5.97. The first-order chi connectivity index (χ1) is 12.4. The van der Waals surface area contributed by atoms with Crippen molar-refractivity contribution in [2.24, 2.45) is 23.2 Å². The van der Waals surface area contributed by atoms with Crippen molar-refractivity contribution >= 4 is 11.8 Å². The summed E-state index contributed by atoms with van der Waals surface area (Å²) >= 11 is 0. The molecular formula is C22H30N2O2. The van der Waals surface area contributed by atoms with Crippen LogP contribution in [0, 0.1) is 30.1 Å². The van der Waals surface area contributed by atoms with Crippen LogP contribution in [0.15, 0.2) is 24.3 Å². The summed E-state index contributed by atoms with van der Waals surface area (Å²) in [5.41, 5.74) is 1.72. The van der Waals surface area contributed by atoms with Crippen LogP contribution >= 0.6 is 0 Å². The van der Waals surface area contributed by atoms with E-state index in [-0.39, 0.29) is 17.2 Å². The van der Waals surface area contributed by atoms with E-state index in [1.807, 2.05) is 31.2 Å². The number of rotatable bonds is 4. The molecule has 5 rings (SSSR count). The summed E-state index contributed by atoms with van der Waals surface area (Å²) in [5, 5.41) is 3.16. The highest BCUT2D eigenvalue weighted by Crippen LogP contribution is 2.61. The van der Waals surface area contributed by atoms with E-state index in [1.165, 1.54) is 19.3 Å². The van der Waals surface area contributed by atoms with Crippen molar-refractivity contribution in [3.63, 3.8) is 0 Å². The Labute approximate surface area is 156 Å². The predicted octanol–water partition coefficient (Wildman–Crippen LogP) is 3.40. The van der Waals surface area contributed by atoms with Gasteiger partial charge in [-0.1, -0.05) is 17.7 Å². The van der Waals surface area contributed by atoms with Crippen molar-refractivity contribution in [2.75, 3.05) is 14.1 Å². The molecule has 2 amide bonds. The molecule has 0 radical (unpaired) electrons. The number of nitrogens with one attached hydrogen (secondary N) is 1. The molecule has 4 bridgehead atoms. The number of carbonyl (C=O) groups excluding carboxylic acids is 2. The van der Waals surface area contributed by atoms with E-state index in [9.17, 15) is 9.59 Å². The fraction of sp³-hybridized carbons (Fsp3) is 0.636. The van der Waals surface area contributed by atoms with Crippen molar-refractivity contribution in [3.8, 4) is 0 Å². The van der Waals surface area contributed by atoms with Crippen LogP contribution in [0.4, 0.5) is 0 Å². The second-order valence-corrected chi connectivity index (χ2v) is 9.29. The van der Waals surface area contributed by atoms with Gasteiger partial charge >= 0.3 is 0 Å². The Balaban J connectivity index is 1.62. The number of carbonyl (C=O) groups is 2. The van der Waals surface area contributed by atoms with Gasteiger partial charge in [0.15, 0.2) is 0 Å². The second kappa shape index (κ2) is 6.40. The zero-order chi connectivity index (χ0) is 18.5. The van der Waals surface area contributed by atoms with Gasteiger partial charge in [0.05, 0.1) is 0 Å². The highest BCUT2D eigenvalue weighted by Gasteiger charge is 2.56. The lowest BCUT2D eigenvalue weighted by Crippen LogP contribution is -2.61. The van der Waals surface area contributed by atoms with Crippen molar-refractivity contribution in [1.82, 2.24) is 10.2 Å². The summed E-state index contributed by atoms with van der Waals surface area (Å²) < 4.78 is 0. The van der Waals surface area contributed by atoms with Crippen molar-refractivity contribution in [2.45, 2.75) is 51.5 Å². The Morgan fingerprint density at radius 2 is 1.50 bits per heavy atom. The first-order valence-corrected chi connectivity index (χ1v) is 9.95. The Bertz CT molecular complexity index is 672. The number of aryl methyl sites for hydroxylation is 1. The summed E-state index contributed by atoms with van der Waals surface area (Å²) in [6.07, 6.45) is 7.27. The molecule has 0 aliphatic heterocycles. The fourth-order valence-corrected chi connectivity index (χ4v) is 6.19. The minimum atomic E-state index is -0.403. The Morgan fingerprint density at radius 3 is 1.96 bits per heavy atom. The molecular weight excluding hydrogens is 324 g/mol. The van der Waals surface area contributed by atoms with Crippen LogP contribution in [-0.4, -0.2) is 36.9 Å². The molecule has 1 aromatic carbocycles. The molecule has 26 heavy (non-hydrogen) atoms. The topological polar surface area (TPSA) is 49.4 Å². The Kier molecular flexibility index (Phi) is 4.32. The number of hydrogen-bond acceptors (Lipinski definition) is 2. The SMILES string of the molecule is Cc1ccc(C(=O)N[C@@H](C(=O)N(C)C)C23CC4CC(CC(C4)C2)C3)cc1. The van der Waals surface area contributed by atoms with Crippen LogP contribution in [0.1, 0.15) is 54.4 Å². The second-order valence-electron chi connectivity index (χ2n) is 9.29. The van der Waals surface area contributed by atoms with Gasteiger partial charge in [0.1, 0.15) is 6.04 Å². The molecule has 140 valence electrons. The molecule has 0 unspecified atom stereocenters. The standard InChI is InChI=1S/C22H30N2O2/c1-14-4-6-18(7-5-14)20(25)23-19(21(26)24(2)3)22-11-15-8-16(12-22)10-17(9-15)13-22/h4-7,15-17,19H,8-13H2,1-3H3,(H,23,25)/t15?,16?,17?,19-,22?/m0/s1. The van der Waals surface area contributed by atoms with E-state index in [1.54, 1.807) is 19.0 Å². The molecule has 1 atom stereocenters. The molecule has 4 saturated carbocycles. The van der Waals surface area contributed by atoms with Crippen molar-refractivity contribution < 1.29 is 9.59 Å². The quantitative estimate of drug-likeness (QED) is 0.901. The monoisotopic (exact) mass is 354 g/mol. The van der Waals surface area contributed by atoms with Gasteiger partial charge in [-0.3, -0.25) is 9.59 Å². The largest absolute Gasteiger partial charge is 0.347 e. The third-order valence-corrected chi connectivity index (χ3v) is 6.97. The van der Waals surface area contributed by atoms with Gasteiger partial charge in [-0.2, -0.15) is 0 Å². The molecule has 4 heteroatoms. The number of amides is 2. The van der Waals surface area contributed by atoms with Gasteiger partial charge in [-0.15, -0.1) is 0 Å². The molecule has 4 nitrogen and oxygen atoms in total. The predicted molar refractivity (Wildman–Crippen MR) is 102 cm³/mol. The van der Waals surface area contributed by atoms with E-state index in [2.05, 4.69) is 5.32 Å². The summed E-state index contributed by atoms with van der Waals surface area (Å²) in [6, 6.07) is 7.19. The first kappa shape index (κ1) is 17.6. The number of likely N-dealkylation sites (N-methyl/N-ethyl adjacent to an activating group) is 1. The molecule has 4 fully saturated rings. The maximum Gasteiger partial charge on any atom is 0.251 e. The summed E-state index contributed by atoms with van der Waals surface area (Å²) in [7, 11) is 3.60. The summed E-state index contributed by atoms with van der Waals surface area (Å²) in [5.74, 6) is 2.16. The maximum absolute atomic E-state index is 13.1. The van der Waals surface area contributed by atoms with Crippen LogP contribution in [-0.2, 0) is 4.79 Å². The van der Waals surface area contributed by atoms with E-state index in [0.29, 0.717) is 5.56 Å². The Morgan fingerprint density at radius 1 is 1.00 bits per heavy atom. The fourth-order valence-electron chi connectivity index (χ4n) is 6.19.